The molecule has 10 heavy (non-hydrogen) atoms. The van der Waals surface area contributed by atoms with Gasteiger partial charge in [0.15, 0.2) is 0 Å². The van der Waals surface area contributed by atoms with E-state index in [0.29, 0.717) is 12.0 Å². The summed E-state index contributed by atoms with van der Waals surface area (Å²) in [4.78, 5) is 10.9. The lowest BCUT2D eigenvalue weighted by Crippen LogP contribution is -2.03. The van der Waals surface area contributed by atoms with Crippen LogP contribution in [0, 0.1) is 0 Å². The number of rotatable bonds is 1. The first kappa shape index (κ1) is 7.54. The average molecular weight is 203 g/mol. The van der Waals surface area contributed by atoms with Gasteiger partial charge in [-0.3, -0.25) is 0 Å². The number of halogens is 1. The lowest BCUT2D eigenvalue weighted by molar-refractivity contribution is -0.136. The van der Waals surface area contributed by atoms with Crippen LogP contribution in [0.3, 0.4) is 0 Å². The van der Waals surface area contributed by atoms with Crippen LogP contribution in [-0.4, -0.2) is 13.1 Å². The fourth-order valence-corrected chi connectivity index (χ4v) is 1.29. The van der Waals surface area contributed by atoms with Crippen LogP contribution in [0.15, 0.2) is 22.2 Å². The van der Waals surface area contributed by atoms with Crippen molar-refractivity contribution < 1.29 is 9.53 Å². The molecule has 0 fully saturated rings. The van der Waals surface area contributed by atoms with Crippen molar-refractivity contribution in [1.29, 1.82) is 0 Å². The van der Waals surface area contributed by atoms with Gasteiger partial charge in [0.25, 0.3) is 0 Å². The SMILES string of the molecule is COC(=O)C1=C(Br)C=CC1. The van der Waals surface area contributed by atoms with E-state index < -0.39 is 0 Å². The molecular formula is C7H7BrO2. The van der Waals surface area contributed by atoms with Crippen LogP contribution in [0.2, 0.25) is 0 Å². The summed E-state index contributed by atoms with van der Waals surface area (Å²) in [5.41, 5.74) is 0.697. The Morgan fingerprint density at radius 2 is 2.50 bits per heavy atom. The third-order valence-corrected chi connectivity index (χ3v) is 2.05. The molecule has 0 unspecified atom stereocenters. The van der Waals surface area contributed by atoms with Gasteiger partial charge in [-0.15, -0.1) is 0 Å². The average Bonchev–Trinajstić information content (AvgIpc) is 2.34. The number of ether oxygens (including phenoxy) is 1. The number of methoxy groups -OCH3 is 1. The molecule has 0 N–H and O–H groups in total. The molecule has 1 aliphatic carbocycles. The third-order valence-electron chi connectivity index (χ3n) is 1.31. The molecular weight excluding hydrogens is 196 g/mol. The van der Waals surface area contributed by atoms with E-state index in [2.05, 4.69) is 20.7 Å². The molecule has 0 bridgehead atoms. The van der Waals surface area contributed by atoms with Crippen LogP contribution in [0.4, 0.5) is 0 Å². The van der Waals surface area contributed by atoms with Crippen molar-refractivity contribution in [3.63, 3.8) is 0 Å². The van der Waals surface area contributed by atoms with Crippen molar-refractivity contribution in [3.05, 3.63) is 22.2 Å². The number of hydrogen-bond acceptors (Lipinski definition) is 2. The Hall–Kier alpha value is -0.570. The highest BCUT2D eigenvalue weighted by atomic mass is 79.9. The van der Waals surface area contributed by atoms with Gasteiger partial charge >= 0.3 is 5.97 Å². The maximum absolute atomic E-state index is 10.9. The summed E-state index contributed by atoms with van der Waals surface area (Å²) in [5, 5.41) is 0. The summed E-state index contributed by atoms with van der Waals surface area (Å²) < 4.78 is 5.37. The molecule has 1 aliphatic rings. The largest absolute Gasteiger partial charge is 0.466 e. The van der Waals surface area contributed by atoms with E-state index in [-0.39, 0.29) is 5.97 Å². The van der Waals surface area contributed by atoms with Crippen LogP contribution in [0.25, 0.3) is 0 Å². The Kier molecular flexibility index (Phi) is 2.27. The van der Waals surface area contributed by atoms with Gasteiger partial charge in [-0.1, -0.05) is 28.1 Å². The number of allylic oxidation sites excluding steroid dienone is 3. The third kappa shape index (κ3) is 1.29. The van der Waals surface area contributed by atoms with E-state index in [9.17, 15) is 4.79 Å². The van der Waals surface area contributed by atoms with Crippen molar-refractivity contribution in [2.24, 2.45) is 0 Å². The molecule has 2 nitrogen and oxygen atoms in total. The monoisotopic (exact) mass is 202 g/mol. The summed E-state index contributed by atoms with van der Waals surface area (Å²) in [7, 11) is 1.38. The maximum atomic E-state index is 10.9. The van der Waals surface area contributed by atoms with Crippen molar-refractivity contribution in [1.82, 2.24) is 0 Å². The molecule has 0 aromatic rings. The van der Waals surface area contributed by atoms with Crippen LogP contribution in [-0.2, 0) is 9.53 Å². The van der Waals surface area contributed by atoms with Gasteiger partial charge in [0.05, 0.1) is 12.7 Å². The molecule has 0 aliphatic heterocycles. The molecule has 0 atom stereocenters. The Bertz CT molecular complexity index is 216. The molecule has 0 saturated heterocycles. The molecule has 0 aromatic carbocycles. The fraction of sp³-hybridized carbons (Fsp3) is 0.286. The van der Waals surface area contributed by atoms with E-state index in [1.54, 1.807) is 0 Å². The van der Waals surface area contributed by atoms with Gasteiger partial charge < -0.3 is 4.74 Å². The molecule has 1 rings (SSSR count). The van der Waals surface area contributed by atoms with Gasteiger partial charge in [-0.2, -0.15) is 0 Å². The Labute approximate surface area is 67.7 Å². The second-order valence-corrected chi connectivity index (χ2v) is 2.78. The zero-order valence-electron chi connectivity index (χ0n) is 5.56. The van der Waals surface area contributed by atoms with E-state index in [1.807, 2.05) is 12.2 Å². The van der Waals surface area contributed by atoms with E-state index >= 15 is 0 Å². The van der Waals surface area contributed by atoms with Gasteiger partial charge in [0.2, 0.25) is 0 Å². The minimum atomic E-state index is -0.253. The normalized spacial score (nSPS) is 16.2. The summed E-state index contributed by atoms with van der Waals surface area (Å²) in [6.45, 7) is 0. The number of esters is 1. The standard InChI is InChI=1S/C7H7BrO2/c1-10-7(9)5-3-2-4-6(5)8/h2,4H,3H2,1H3. The Morgan fingerprint density at radius 1 is 1.80 bits per heavy atom. The lowest BCUT2D eigenvalue weighted by atomic mass is 10.2. The Morgan fingerprint density at radius 3 is 2.90 bits per heavy atom. The van der Waals surface area contributed by atoms with Gasteiger partial charge in [0, 0.05) is 4.48 Å². The topological polar surface area (TPSA) is 26.3 Å². The van der Waals surface area contributed by atoms with E-state index in [1.165, 1.54) is 7.11 Å². The number of carbonyl (C=O) groups is 1. The maximum Gasteiger partial charge on any atom is 0.335 e. The summed E-state index contributed by atoms with van der Waals surface area (Å²) in [6.07, 6.45) is 4.44. The number of carbonyl (C=O) groups excluding carboxylic acids is 1. The zero-order valence-corrected chi connectivity index (χ0v) is 7.14. The second-order valence-electron chi connectivity index (χ2n) is 1.92. The van der Waals surface area contributed by atoms with Gasteiger partial charge in [-0.05, 0) is 6.42 Å². The molecule has 0 spiro atoms. The molecule has 0 heterocycles. The molecule has 0 aromatic heterocycles. The van der Waals surface area contributed by atoms with E-state index in [4.69, 9.17) is 0 Å². The van der Waals surface area contributed by atoms with Crippen molar-refractivity contribution in [2.45, 2.75) is 6.42 Å². The zero-order chi connectivity index (χ0) is 7.56. The highest BCUT2D eigenvalue weighted by molar-refractivity contribution is 9.12. The number of hydrogen-bond donors (Lipinski definition) is 0. The first-order valence-corrected chi connectivity index (χ1v) is 3.68. The summed E-state index contributed by atoms with van der Waals surface area (Å²) in [6, 6.07) is 0. The van der Waals surface area contributed by atoms with Crippen molar-refractivity contribution in [2.75, 3.05) is 7.11 Å². The first-order valence-electron chi connectivity index (χ1n) is 2.89. The minimum absolute atomic E-state index is 0.253. The second kappa shape index (κ2) is 3.01. The predicted octanol–water partition coefficient (Wildman–Crippen LogP) is 1.77. The summed E-state index contributed by atoms with van der Waals surface area (Å²) in [5.74, 6) is -0.253. The quantitative estimate of drug-likeness (QED) is 0.607. The highest BCUT2D eigenvalue weighted by Crippen LogP contribution is 2.24. The molecule has 3 heteroatoms. The summed E-state index contributed by atoms with van der Waals surface area (Å²) >= 11 is 3.24. The predicted molar refractivity (Wildman–Crippen MR) is 41.7 cm³/mol. The highest BCUT2D eigenvalue weighted by Gasteiger charge is 2.14. The van der Waals surface area contributed by atoms with Crippen LogP contribution in [0.1, 0.15) is 6.42 Å². The van der Waals surface area contributed by atoms with E-state index in [0.717, 1.165) is 4.48 Å². The van der Waals surface area contributed by atoms with Gasteiger partial charge in [0.1, 0.15) is 0 Å². The lowest BCUT2D eigenvalue weighted by Gasteiger charge is -1.98. The van der Waals surface area contributed by atoms with Crippen molar-refractivity contribution >= 4 is 21.9 Å². The molecule has 54 valence electrons. The van der Waals surface area contributed by atoms with Gasteiger partial charge in [-0.25, -0.2) is 4.79 Å². The first-order chi connectivity index (χ1) is 4.75. The smallest absolute Gasteiger partial charge is 0.335 e. The minimum Gasteiger partial charge on any atom is -0.466 e. The van der Waals surface area contributed by atoms with Crippen LogP contribution >= 0.6 is 15.9 Å². The van der Waals surface area contributed by atoms with Crippen LogP contribution in [0.5, 0.6) is 0 Å². The Balaban J connectivity index is 2.76. The molecule has 0 saturated carbocycles. The van der Waals surface area contributed by atoms with Crippen molar-refractivity contribution in [3.8, 4) is 0 Å². The molecule has 0 amide bonds. The van der Waals surface area contributed by atoms with Crippen LogP contribution < -0.4 is 0 Å². The fourth-order valence-electron chi connectivity index (χ4n) is 0.782. The molecule has 0 radical (unpaired) electrons.